The Morgan fingerprint density at radius 3 is 1.97 bits per heavy atom. The minimum absolute atomic E-state index is 0.0368. The van der Waals surface area contributed by atoms with Crippen LogP contribution < -0.4 is 5.32 Å². The first kappa shape index (κ1) is 20.8. The van der Waals surface area contributed by atoms with Crippen LogP contribution in [0.2, 0.25) is 0 Å². The molecule has 0 radical (unpaired) electrons. The molecule has 29 heavy (non-hydrogen) atoms. The molecular formula is C22H24N2O4S. The fourth-order valence-electron chi connectivity index (χ4n) is 3.27. The molecule has 2 aromatic rings. The number of nitrogens with one attached hydrogen (secondary N) is 1. The Bertz CT molecular complexity index is 1070. The molecular weight excluding hydrogens is 388 g/mol. The van der Waals surface area contributed by atoms with Gasteiger partial charge in [0, 0.05) is 11.3 Å². The van der Waals surface area contributed by atoms with E-state index in [9.17, 15) is 18.0 Å². The quantitative estimate of drug-likeness (QED) is 0.789. The average molecular weight is 413 g/mol. The number of carbonyl (C=O) groups excluding carboxylic acids is 2. The molecule has 0 atom stereocenters. The second-order valence-corrected chi connectivity index (χ2v) is 8.72. The summed E-state index contributed by atoms with van der Waals surface area (Å²) < 4.78 is 26.7. The van der Waals surface area contributed by atoms with Crippen LogP contribution >= 0.6 is 0 Å². The number of nitrogens with zero attached hydrogens (tertiary/aromatic N) is 1. The highest BCUT2D eigenvalue weighted by atomic mass is 32.2. The Balaban J connectivity index is 1.80. The minimum atomic E-state index is -4.09. The Morgan fingerprint density at radius 1 is 0.931 bits per heavy atom. The number of hydrogen-bond donors (Lipinski definition) is 1. The van der Waals surface area contributed by atoms with Gasteiger partial charge in [-0.1, -0.05) is 50.2 Å². The SMILES string of the molecule is CCc1ccc(NC(=O)CN2C(=O)C(C)=C(c3ccc(CC)cc3)S2(=O)=O)cc1. The maximum atomic E-state index is 13.0. The number of benzene rings is 2. The molecule has 0 spiro atoms. The van der Waals surface area contributed by atoms with Crippen molar-refractivity contribution in [1.82, 2.24) is 4.31 Å². The van der Waals surface area contributed by atoms with Crippen molar-refractivity contribution in [2.75, 3.05) is 11.9 Å². The summed E-state index contributed by atoms with van der Waals surface area (Å²) in [5.41, 5.74) is 3.31. The van der Waals surface area contributed by atoms with Crippen LogP contribution in [0.15, 0.2) is 54.1 Å². The fourth-order valence-corrected chi connectivity index (χ4v) is 5.04. The lowest BCUT2D eigenvalue weighted by Crippen LogP contribution is -2.38. The van der Waals surface area contributed by atoms with Crippen molar-refractivity contribution in [1.29, 1.82) is 0 Å². The van der Waals surface area contributed by atoms with Crippen LogP contribution in [-0.2, 0) is 32.5 Å². The van der Waals surface area contributed by atoms with Crippen molar-refractivity contribution in [3.05, 3.63) is 70.8 Å². The summed E-state index contributed by atoms with van der Waals surface area (Å²) in [6, 6.07) is 14.3. The third-order valence-electron chi connectivity index (χ3n) is 4.99. The van der Waals surface area contributed by atoms with Crippen molar-refractivity contribution in [3.63, 3.8) is 0 Å². The summed E-state index contributed by atoms with van der Waals surface area (Å²) >= 11 is 0. The van der Waals surface area contributed by atoms with Crippen molar-refractivity contribution >= 4 is 32.4 Å². The highest BCUT2D eigenvalue weighted by molar-refractivity contribution is 7.99. The molecule has 0 bridgehead atoms. The molecule has 0 aliphatic carbocycles. The molecule has 0 fully saturated rings. The first-order chi connectivity index (χ1) is 13.8. The molecule has 1 aliphatic rings. The Hall–Kier alpha value is -2.93. The third kappa shape index (κ3) is 4.10. The van der Waals surface area contributed by atoms with Gasteiger partial charge in [-0.3, -0.25) is 9.59 Å². The number of hydrogen-bond acceptors (Lipinski definition) is 4. The van der Waals surface area contributed by atoms with Crippen LogP contribution in [0.3, 0.4) is 0 Å². The predicted octanol–water partition coefficient (Wildman–Crippen LogP) is 3.35. The summed E-state index contributed by atoms with van der Waals surface area (Å²) in [6.45, 7) is 4.94. The molecule has 7 heteroatoms. The molecule has 0 unspecified atom stereocenters. The molecule has 2 aromatic carbocycles. The second kappa shape index (κ2) is 8.21. The number of anilines is 1. The molecule has 1 heterocycles. The zero-order valence-corrected chi connectivity index (χ0v) is 17.5. The average Bonchev–Trinajstić information content (AvgIpc) is 2.88. The van der Waals surface area contributed by atoms with Gasteiger partial charge in [-0.15, -0.1) is 0 Å². The first-order valence-corrected chi connectivity index (χ1v) is 11.0. The lowest BCUT2D eigenvalue weighted by atomic mass is 10.1. The summed E-state index contributed by atoms with van der Waals surface area (Å²) in [7, 11) is -4.09. The van der Waals surface area contributed by atoms with Crippen molar-refractivity contribution < 1.29 is 18.0 Å². The van der Waals surface area contributed by atoms with E-state index in [1.807, 2.05) is 38.1 Å². The van der Waals surface area contributed by atoms with Gasteiger partial charge in [-0.25, -0.2) is 12.7 Å². The van der Waals surface area contributed by atoms with E-state index in [1.165, 1.54) is 6.92 Å². The number of rotatable bonds is 6. The van der Waals surface area contributed by atoms with Gasteiger partial charge in [0.05, 0.1) is 0 Å². The van der Waals surface area contributed by atoms with Crippen LogP contribution in [-0.4, -0.2) is 31.1 Å². The maximum Gasteiger partial charge on any atom is 0.268 e. The van der Waals surface area contributed by atoms with Crippen molar-refractivity contribution in [3.8, 4) is 0 Å². The zero-order chi connectivity index (χ0) is 21.2. The van der Waals surface area contributed by atoms with Gasteiger partial charge in [0.2, 0.25) is 5.91 Å². The van der Waals surface area contributed by atoms with E-state index in [0.717, 1.165) is 24.0 Å². The van der Waals surface area contributed by atoms with E-state index in [2.05, 4.69) is 5.32 Å². The first-order valence-electron chi connectivity index (χ1n) is 9.54. The number of aryl methyl sites for hydroxylation is 2. The van der Waals surface area contributed by atoms with Crippen LogP contribution in [0.1, 0.15) is 37.5 Å². The molecule has 6 nitrogen and oxygen atoms in total. The van der Waals surface area contributed by atoms with Crippen LogP contribution in [0, 0.1) is 0 Å². The number of carbonyl (C=O) groups is 2. The van der Waals surface area contributed by atoms with E-state index in [-0.39, 0.29) is 10.5 Å². The summed E-state index contributed by atoms with van der Waals surface area (Å²) in [6.07, 6.45) is 1.71. The smallest absolute Gasteiger partial charge is 0.268 e. The third-order valence-corrected chi connectivity index (χ3v) is 6.93. The molecule has 152 valence electrons. The van der Waals surface area contributed by atoms with Gasteiger partial charge in [0.25, 0.3) is 15.9 Å². The summed E-state index contributed by atoms with van der Waals surface area (Å²) in [5, 5.41) is 2.65. The summed E-state index contributed by atoms with van der Waals surface area (Å²) in [5.74, 6) is -1.24. The Kier molecular flexibility index (Phi) is 5.88. The molecule has 2 amide bonds. The zero-order valence-electron chi connectivity index (χ0n) is 16.7. The van der Waals surface area contributed by atoms with E-state index >= 15 is 0 Å². The fraction of sp³-hybridized carbons (Fsp3) is 0.273. The molecule has 1 aliphatic heterocycles. The minimum Gasteiger partial charge on any atom is -0.325 e. The van der Waals surface area contributed by atoms with Gasteiger partial charge in [-0.2, -0.15) is 0 Å². The maximum absolute atomic E-state index is 13.0. The summed E-state index contributed by atoms with van der Waals surface area (Å²) in [4.78, 5) is 25.0. The van der Waals surface area contributed by atoms with E-state index in [1.54, 1.807) is 24.3 Å². The second-order valence-electron chi connectivity index (χ2n) is 6.92. The van der Waals surface area contributed by atoms with Gasteiger partial charge < -0.3 is 5.32 Å². The lowest BCUT2D eigenvalue weighted by molar-refractivity contribution is -0.126. The Labute approximate surface area is 171 Å². The van der Waals surface area contributed by atoms with Gasteiger partial charge >= 0.3 is 0 Å². The monoisotopic (exact) mass is 412 g/mol. The molecule has 3 rings (SSSR count). The molecule has 0 saturated heterocycles. The van der Waals surface area contributed by atoms with E-state index in [4.69, 9.17) is 0 Å². The highest BCUT2D eigenvalue weighted by Crippen LogP contribution is 2.35. The standard InChI is InChI=1S/C22H24N2O4S/c1-4-16-6-10-18(11-7-16)21-15(3)22(26)24(29(21,27)28)14-20(25)23-19-12-8-17(5-2)9-13-19/h6-13H,4-5,14H2,1-3H3,(H,23,25). The molecule has 0 saturated carbocycles. The van der Waals surface area contributed by atoms with Crippen LogP contribution in [0.4, 0.5) is 5.69 Å². The number of amides is 2. The normalized spacial score (nSPS) is 15.7. The largest absolute Gasteiger partial charge is 0.325 e. The van der Waals surface area contributed by atoms with E-state index in [0.29, 0.717) is 15.6 Å². The van der Waals surface area contributed by atoms with Crippen molar-refractivity contribution in [2.45, 2.75) is 33.6 Å². The van der Waals surface area contributed by atoms with Gasteiger partial charge in [0.1, 0.15) is 11.4 Å². The van der Waals surface area contributed by atoms with E-state index < -0.39 is 28.4 Å². The van der Waals surface area contributed by atoms with Gasteiger partial charge in [-0.05, 0) is 48.6 Å². The lowest BCUT2D eigenvalue weighted by Gasteiger charge is -2.16. The topological polar surface area (TPSA) is 83.6 Å². The Morgan fingerprint density at radius 2 is 1.45 bits per heavy atom. The number of sulfonamides is 1. The van der Waals surface area contributed by atoms with Crippen LogP contribution in [0.25, 0.3) is 4.91 Å². The van der Waals surface area contributed by atoms with Crippen molar-refractivity contribution in [2.24, 2.45) is 0 Å². The van der Waals surface area contributed by atoms with Crippen LogP contribution in [0.5, 0.6) is 0 Å². The highest BCUT2D eigenvalue weighted by Gasteiger charge is 2.43. The molecule has 1 N–H and O–H groups in total. The molecule has 0 aromatic heterocycles. The van der Waals surface area contributed by atoms with Gasteiger partial charge in [0.15, 0.2) is 0 Å². The predicted molar refractivity (Wildman–Crippen MR) is 113 cm³/mol.